The van der Waals surface area contributed by atoms with Crippen LogP contribution in [0.5, 0.6) is 5.75 Å². The summed E-state index contributed by atoms with van der Waals surface area (Å²) >= 11 is 0. The van der Waals surface area contributed by atoms with Crippen molar-refractivity contribution < 1.29 is 22.7 Å². The third kappa shape index (κ3) is 1.94. The molecule has 0 aliphatic heterocycles. The summed E-state index contributed by atoms with van der Waals surface area (Å²) in [7, 11) is -2.94. The van der Waals surface area contributed by atoms with Crippen LogP contribution >= 0.6 is 0 Å². The zero-order valence-electron chi connectivity index (χ0n) is 6.67. The Morgan fingerprint density at radius 2 is 2.23 bits per heavy atom. The van der Waals surface area contributed by atoms with E-state index in [9.17, 15) is 8.42 Å². The van der Waals surface area contributed by atoms with E-state index in [1.54, 1.807) is 0 Å². The number of nitrogens with zero attached hydrogens (tertiary/aromatic N) is 1. The molecule has 0 aliphatic carbocycles. The fourth-order valence-corrected chi connectivity index (χ4v) is 1.41. The molecule has 0 unspecified atom stereocenters. The van der Waals surface area contributed by atoms with Gasteiger partial charge in [-0.2, -0.15) is 8.42 Å². The van der Waals surface area contributed by atoms with Crippen LogP contribution < -0.4 is 4.74 Å². The van der Waals surface area contributed by atoms with Gasteiger partial charge in [0.25, 0.3) is 0 Å². The maximum Gasteiger partial charge on any atom is 0.344 e. The van der Waals surface area contributed by atoms with Gasteiger partial charge in [-0.3, -0.25) is 0 Å². The topological polar surface area (TPSA) is 85.7 Å². The van der Waals surface area contributed by atoms with Crippen LogP contribution in [0, 0.1) is 0 Å². The highest BCUT2D eigenvalue weighted by Crippen LogP contribution is 2.20. The molecule has 0 amide bonds. The van der Waals surface area contributed by atoms with Gasteiger partial charge in [0.05, 0.1) is 7.11 Å². The molecule has 72 valence electrons. The summed E-state index contributed by atoms with van der Waals surface area (Å²) in [6, 6.07) is 2.88. The number of pyridine rings is 1. The zero-order valence-corrected chi connectivity index (χ0v) is 7.48. The molecule has 7 heteroatoms. The number of ether oxygens (including phenoxy) is 1. The van der Waals surface area contributed by atoms with Crippen molar-refractivity contribution in [1.82, 2.24) is 4.98 Å². The molecule has 0 aliphatic rings. The van der Waals surface area contributed by atoms with E-state index in [2.05, 4.69) is 9.32 Å². The van der Waals surface area contributed by atoms with Gasteiger partial charge in [-0.15, -0.1) is 4.33 Å². The summed E-state index contributed by atoms with van der Waals surface area (Å²) < 4.78 is 29.9. The third-order valence-electron chi connectivity index (χ3n) is 1.29. The monoisotopic (exact) mass is 205 g/mol. The molecular formula is C6H7NO5S. The largest absolute Gasteiger partial charge is 0.494 e. The lowest BCUT2D eigenvalue weighted by Gasteiger charge is -2.03. The van der Waals surface area contributed by atoms with Crippen molar-refractivity contribution in [3.05, 3.63) is 18.3 Å². The third-order valence-corrected chi connectivity index (χ3v) is 2.27. The van der Waals surface area contributed by atoms with Crippen molar-refractivity contribution in [1.29, 1.82) is 0 Å². The summed E-state index contributed by atoms with van der Waals surface area (Å²) in [4.78, 5) is 3.49. The molecule has 1 rings (SSSR count). The fraction of sp³-hybridized carbons (Fsp3) is 0.167. The molecule has 0 bridgehead atoms. The van der Waals surface area contributed by atoms with Gasteiger partial charge in [-0.1, -0.05) is 0 Å². The molecule has 0 saturated heterocycles. The molecule has 1 N–H and O–H groups in total. The SMILES string of the molecule is COc1cccnc1S(=O)(=O)OO. The molecule has 0 radical (unpaired) electrons. The van der Waals surface area contributed by atoms with Crippen LogP contribution in [0.4, 0.5) is 0 Å². The van der Waals surface area contributed by atoms with E-state index >= 15 is 0 Å². The lowest BCUT2D eigenvalue weighted by atomic mass is 10.5. The van der Waals surface area contributed by atoms with E-state index in [0.717, 1.165) is 0 Å². The maximum absolute atomic E-state index is 11.0. The Labute approximate surface area is 74.8 Å². The molecule has 0 spiro atoms. The quantitative estimate of drug-likeness (QED) is 0.563. The van der Waals surface area contributed by atoms with Crippen LogP contribution in [0.3, 0.4) is 0 Å². The van der Waals surface area contributed by atoms with E-state index in [1.165, 1.54) is 25.4 Å². The molecule has 6 nitrogen and oxygen atoms in total. The summed E-state index contributed by atoms with van der Waals surface area (Å²) in [5.41, 5.74) is 0. The summed E-state index contributed by atoms with van der Waals surface area (Å²) in [5.74, 6) is 0.0107. The predicted molar refractivity (Wildman–Crippen MR) is 41.7 cm³/mol. The first-order valence-electron chi connectivity index (χ1n) is 3.19. The Kier molecular flexibility index (Phi) is 2.81. The molecule has 13 heavy (non-hydrogen) atoms. The molecular weight excluding hydrogens is 198 g/mol. The molecule has 0 atom stereocenters. The van der Waals surface area contributed by atoms with Crippen molar-refractivity contribution in [3.63, 3.8) is 0 Å². The van der Waals surface area contributed by atoms with E-state index in [-0.39, 0.29) is 5.75 Å². The van der Waals surface area contributed by atoms with Gasteiger partial charge < -0.3 is 4.74 Å². The van der Waals surface area contributed by atoms with Crippen LogP contribution in [0.1, 0.15) is 0 Å². The zero-order chi connectivity index (χ0) is 9.90. The summed E-state index contributed by atoms with van der Waals surface area (Å²) in [5, 5.41) is 7.63. The molecule has 0 fully saturated rings. The number of methoxy groups -OCH3 is 1. The van der Waals surface area contributed by atoms with Gasteiger partial charge in [0.2, 0.25) is 5.03 Å². The Morgan fingerprint density at radius 3 is 2.77 bits per heavy atom. The van der Waals surface area contributed by atoms with Crippen LogP contribution in [0.25, 0.3) is 0 Å². The maximum atomic E-state index is 11.0. The molecule has 1 heterocycles. The second-order valence-corrected chi connectivity index (χ2v) is 3.48. The highest BCUT2D eigenvalue weighted by atomic mass is 32.2. The van der Waals surface area contributed by atoms with Gasteiger partial charge in [0.1, 0.15) is 0 Å². The smallest absolute Gasteiger partial charge is 0.344 e. The first-order valence-corrected chi connectivity index (χ1v) is 4.59. The molecule has 0 saturated carbocycles. The summed E-state index contributed by atoms with van der Waals surface area (Å²) in [6.07, 6.45) is 1.24. The van der Waals surface area contributed by atoms with Crippen molar-refractivity contribution in [2.45, 2.75) is 5.03 Å². The Balaban J connectivity index is 3.29. The van der Waals surface area contributed by atoms with Crippen LogP contribution in [0.15, 0.2) is 23.4 Å². The Morgan fingerprint density at radius 1 is 1.54 bits per heavy atom. The second-order valence-electron chi connectivity index (χ2n) is 2.04. The van der Waals surface area contributed by atoms with Crippen LogP contribution in [-0.4, -0.2) is 25.8 Å². The molecule has 1 aromatic heterocycles. The number of hydrogen-bond donors (Lipinski definition) is 1. The first kappa shape index (κ1) is 9.90. The Hall–Kier alpha value is -1.18. The normalized spacial score (nSPS) is 11.2. The van der Waals surface area contributed by atoms with Crippen LogP contribution in [-0.2, 0) is 14.5 Å². The van der Waals surface area contributed by atoms with Crippen molar-refractivity contribution in [2.75, 3.05) is 7.11 Å². The van der Waals surface area contributed by atoms with E-state index in [0.29, 0.717) is 0 Å². The molecule has 0 aromatic carbocycles. The lowest BCUT2D eigenvalue weighted by molar-refractivity contribution is -0.131. The predicted octanol–water partition coefficient (Wildman–Crippen LogP) is 0.268. The van der Waals surface area contributed by atoms with Gasteiger partial charge in [-0.25, -0.2) is 10.2 Å². The first-order chi connectivity index (χ1) is 6.11. The lowest BCUT2D eigenvalue weighted by Crippen LogP contribution is -2.07. The number of rotatable bonds is 3. The standard InChI is InChI=1S/C6H7NO5S/c1-11-5-3-2-4-7-6(5)13(9,10)12-8/h2-4,8H,1H3. The van der Waals surface area contributed by atoms with Gasteiger partial charge in [0, 0.05) is 6.20 Å². The summed E-state index contributed by atoms with van der Waals surface area (Å²) in [6.45, 7) is 0. The minimum Gasteiger partial charge on any atom is -0.494 e. The number of aromatic nitrogens is 1. The average molecular weight is 205 g/mol. The Bertz CT molecular complexity index is 388. The molecule has 1 aromatic rings. The van der Waals surface area contributed by atoms with Crippen molar-refractivity contribution >= 4 is 10.1 Å². The van der Waals surface area contributed by atoms with Gasteiger partial charge >= 0.3 is 10.1 Å². The average Bonchev–Trinajstić information content (AvgIpc) is 2.18. The minimum atomic E-state index is -4.22. The fourth-order valence-electron chi connectivity index (χ4n) is 0.754. The van der Waals surface area contributed by atoms with E-state index in [1.807, 2.05) is 0 Å². The van der Waals surface area contributed by atoms with E-state index < -0.39 is 15.1 Å². The minimum absolute atomic E-state index is 0.0107. The highest BCUT2D eigenvalue weighted by molar-refractivity contribution is 7.86. The second kappa shape index (κ2) is 3.69. The highest BCUT2D eigenvalue weighted by Gasteiger charge is 2.21. The van der Waals surface area contributed by atoms with Crippen molar-refractivity contribution in [3.8, 4) is 5.75 Å². The van der Waals surface area contributed by atoms with Gasteiger partial charge in [-0.05, 0) is 12.1 Å². The van der Waals surface area contributed by atoms with Crippen molar-refractivity contribution in [2.24, 2.45) is 0 Å². The number of hydrogen-bond acceptors (Lipinski definition) is 6. The van der Waals surface area contributed by atoms with Gasteiger partial charge in [0.15, 0.2) is 5.75 Å². The van der Waals surface area contributed by atoms with Crippen LogP contribution in [0.2, 0.25) is 0 Å². The van der Waals surface area contributed by atoms with E-state index in [4.69, 9.17) is 9.99 Å².